The largest absolute Gasteiger partial charge is 0.497 e. The molecule has 0 N–H and O–H groups in total. The summed E-state index contributed by atoms with van der Waals surface area (Å²) in [5, 5.41) is 18.2. The van der Waals surface area contributed by atoms with E-state index in [1.807, 2.05) is 60.7 Å². The number of methoxy groups -OCH3 is 2. The Kier molecular flexibility index (Phi) is 6.25. The van der Waals surface area contributed by atoms with Crippen molar-refractivity contribution in [2.24, 2.45) is 0 Å². The SMILES string of the molecule is COc1ccc(Oc2ccc(OC)cc2-c2ccc(C#N)cc2)c(-c2ccc(C#N)cc2)c1. The lowest BCUT2D eigenvalue weighted by Crippen LogP contribution is -1.94. The molecule has 5 heteroatoms. The van der Waals surface area contributed by atoms with Gasteiger partial charge in [-0.1, -0.05) is 24.3 Å². The zero-order chi connectivity index (χ0) is 23.2. The maximum atomic E-state index is 9.12. The Labute approximate surface area is 192 Å². The second kappa shape index (κ2) is 9.60. The fourth-order valence-corrected chi connectivity index (χ4v) is 3.47. The molecule has 0 amide bonds. The molecule has 0 bridgehead atoms. The van der Waals surface area contributed by atoms with E-state index in [-0.39, 0.29) is 0 Å². The van der Waals surface area contributed by atoms with E-state index < -0.39 is 0 Å². The average Bonchev–Trinajstić information content (AvgIpc) is 2.89. The maximum Gasteiger partial charge on any atom is 0.135 e. The lowest BCUT2D eigenvalue weighted by molar-refractivity contribution is 0.411. The smallest absolute Gasteiger partial charge is 0.135 e. The van der Waals surface area contributed by atoms with Gasteiger partial charge in [0.05, 0.1) is 37.5 Å². The van der Waals surface area contributed by atoms with Gasteiger partial charge in [-0.25, -0.2) is 0 Å². The molecule has 5 nitrogen and oxygen atoms in total. The van der Waals surface area contributed by atoms with Gasteiger partial charge in [0.15, 0.2) is 0 Å². The molecule has 0 atom stereocenters. The van der Waals surface area contributed by atoms with E-state index in [2.05, 4.69) is 12.1 Å². The highest BCUT2D eigenvalue weighted by atomic mass is 16.5. The van der Waals surface area contributed by atoms with E-state index in [1.54, 1.807) is 38.5 Å². The number of hydrogen-bond acceptors (Lipinski definition) is 5. The molecule has 160 valence electrons. The Morgan fingerprint density at radius 2 is 0.939 bits per heavy atom. The van der Waals surface area contributed by atoms with Crippen molar-refractivity contribution in [3.05, 3.63) is 96.1 Å². The Morgan fingerprint density at radius 3 is 1.27 bits per heavy atom. The molecule has 0 saturated carbocycles. The molecule has 0 heterocycles. The first kappa shape index (κ1) is 21.5. The van der Waals surface area contributed by atoms with Crippen LogP contribution in [-0.2, 0) is 0 Å². The van der Waals surface area contributed by atoms with Crippen LogP contribution >= 0.6 is 0 Å². The molecule has 0 aliphatic heterocycles. The van der Waals surface area contributed by atoms with E-state index in [1.165, 1.54) is 0 Å². The van der Waals surface area contributed by atoms with Crippen LogP contribution in [0.5, 0.6) is 23.0 Å². The van der Waals surface area contributed by atoms with Crippen molar-refractivity contribution in [1.29, 1.82) is 10.5 Å². The van der Waals surface area contributed by atoms with Crippen LogP contribution in [0, 0.1) is 22.7 Å². The Balaban J connectivity index is 1.80. The summed E-state index contributed by atoms with van der Waals surface area (Å²) in [6.07, 6.45) is 0. The monoisotopic (exact) mass is 432 g/mol. The zero-order valence-corrected chi connectivity index (χ0v) is 18.2. The third kappa shape index (κ3) is 4.63. The summed E-state index contributed by atoms with van der Waals surface area (Å²) in [5.74, 6) is 2.67. The highest BCUT2D eigenvalue weighted by molar-refractivity contribution is 5.76. The minimum Gasteiger partial charge on any atom is -0.497 e. The molecule has 0 unspecified atom stereocenters. The molecule has 0 aromatic heterocycles. The van der Waals surface area contributed by atoms with Crippen LogP contribution in [0.4, 0.5) is 0 Å². The van der Waals surface area contributed by atoms with Gasteiger partial charge in [0.1, 0.15) is 23.0 Å². The van der Waals surface area contributed by atoms with Gasteiger partial charge in [-0.2, -0.15) is 10.5 Å². The molecule has 0 aliphatic carbocycles. The lowest BCUT2D eigenvalue weighted by Gasteiger charge is -2.16. The Morgan fingerprint density at radius 1 is 0.545 bits per heavy atom. The number of nitriles is 2. The molecule has 0 aliphatic rings. The van der Waals surface area contributed by atoms with Gasteiger partial charge < -0.3 is 14.2 Å². The second-order valence-electron chi connectivity index (χ2n) is 7.20. The van der Waals surface area contributed by atoms with Crippen molar-refractivity contribution in [3.63, 3.8) is 0 Å². The van der Waals surface area contributed by atoms with E-state index >= 15 is 0 Å². The molecule has 0 radical (unpaired) electrons. The van der Waals surface area contributed by atoms with E-state index in [0.717, 1.165) is 22.3 Å². The number of benzene rings is 4. The van der Waals surface area contributed by atoms with Crippen molar-refractivity contribution in [3.8, 4) is 57.4 Å². The van der Waals surface area contributed by atoms with E-state index in [9.17, 15) is 0 Å². The molecule has 0 saturated heterocycles. The molecule has 4 rings (SSSR count). The summed E-state index contributed by atoms with van der Waals surface area (Å²) >= 11 is 0. The predicted octanol–water partition coefficient (Wildman–Crippen LogP) is 6.57. The first-order chi connectivity index (χ1) is 16.1. The van der Waals surface area contributed by atoms with Crippen molar-refractivity contribution >= 4 is 0 Å². The van der Waals surface area contributed by atoms with Crippen LogP contribution in [0.25, 0.3) is 22.3 Å². The first-order valence-electron chi connectivity index (χ1n) is 10.2. The molecular weight excluding hydrogens is 412 g/mol. The fraction of sp³-hybridized carbons (Fsp3) is 0.0714. The number of ether oxygens (including phenoxy) is 3. The average molecular weight is 432 g/mol. The lowest BCUT2D eigenvalue weighted by atomic mass is 10.0. The van der Waals surface area contributed by atoms with Gasteiger partial charge >= 0.3 is 0 Å². The van der Waals surface area contributed by atoms with Crippen LogP contribution in [0.2, 0.25) is 0 Å². The summed E-state index contributed by atoms with van der Waals surface area (Å²) in [6.45, 7) is 0. The minimum atomic E-state index is 0.586. The first-order valence-corrected chi connectivity index (χ1v) is 10.2. The summed E-state index contributed by atoms with van der Waals surface area (Å²) in [6, 6.07) is 30.1. The Bertz CT molecular complexity index is 1260. The molecule has 4 aromatic carbocycles. The van der Waals surface area contributed by atoms with Crippen molar-refractivity contribution in [1.82, 2.24) is 0 Å². The van der Waals surface area contributed by atoms with Gasteiger partial charge in [-0.05, 0) is 71.8 Å². The molecule has 4 aromatic rings. The van der Waals surface area contributed by atoms with Crippen LogP contribution in [-0.4, -0.2) is 14.2 Å². The minimum absolute atomic E-state index is 0.586. The van der Waals surface area contributed by atoms with Crippen molar-refractivity contribution < 1.29 is 14.2 Å². The number of nitrogens with zero attached hydrogens (tertiary/aromatic N) is 2. The summed E-state index contributed by atoms with van der Waals surface area (Å²) < 4.78 is 17.3. The molecule has 0 fully saturated rings. The summed E-state index contributed by atoms with van der Waals surface area (Å²) in [7, 11) is 3.23. The van der Waals surface area contributed by atoms with Crippen LogP contribution in [0.1, 0.15) is 11.1 Å². The summed E-state index contributed by atoms with van der Waals surface area (Å²) in [5.41, 5.74) is 4.64. The van der Waals surface area contributed by atoms with Gasteiger partial charge in [0, 0.05) is 11.1 Å². The van der Waals surface area contributed by atoms with Gasteiger partial charge in [0.2, 0.25) is 0 Å². The quantitative estimate of drug-likeness (QED) is 0.344. The normalized spacial score (nSPS) is 10.1. The number of hydrogen-bond donors (Lipinski definition) is 0. The number of rotatable bonds is 6. The highest BCUT2D eigenvalue weighted by Gasteiger charge is 2.14. The fourth-order valence-electron chi connectivity index (χ4n) is 3.47. The van der Waals surface area contributed by atoms with Gasteiger partial charge in [-0.3, -0.25) is 0 Å². The van der Waals surface area contributed by atoms with Crippen LogP contribution in [0.3, 0.4) is 0 Å². The summed E-state index contributed by atoms with van der Waals surface area (Å²) in [4.78, 5) is 0. The maximum absolute atomic E-state index is 9.12. The topological polar surface area (TPSA) is 75.3 Å². The predicted molar refractivity (Wildman–Crippen MR) is 126 cm³/mol. The Hall–Kier alpha value is -4.74. The molecule has 33 heavy (non-hydrogen) atoms. The zero-order valence-electron chi connectivity index (χ0n) is 18.2. The molecule has 0 spiro atoms. The van der Waals surface area contributed by atoms with Crippen LogP contribution in [0.15, 0.2) is 84.9 Å². The highest BCUT2D eigenvalue weighted by Crippen LogP contribution is 2.41. The third-order valence-corrected chi connectivity index (χ3v) is 5.24. The molecular formula is C28H20N2O3. The van der Waals surface area contributed by atoms with Crippen LogP contribution < -0.4 is 14.2 Å². The van der Waals surface area contributed by atoms with E-state index in [4.69, 9.17) is 24.7 Å². The van der Waals surface area contributed by atoms with Crippen molar-refractivity contribution in [2.45, 2.75) is 0 Å². The van der Waals surface area contributed by atoms with Gasteiger partial charge in [0.25, 0.3) is 0 Å². The third-order valence-electron chi connectivity index (χ3n) is 5.24. The van der Waals surface area contributed by atoms with Crippen molar-refractivity contribution in [2.75, 3.05) is 14.2 Å². The van der Waals surface area contributed by atoms with Gasteiger partial charge in [-0.15, -0.1) is 0 Å². The standard InChI is InChI=1S/C28H20N2O3/c1-31-23-11-13-27(25(15-23)21-7-3-19(17-29)4-8-21)33-28-14-12-24(32-2)16-26(28)22-9-5-20(18-30)6-10-22/h3-16H,1-2H3. The second-order valence-corrected chi connectivity index (χ2v) is 7.20. The van der Waals surface area contributed by atoms with E-state index in [0.29, 0.717) is 34.1 Å².